The van der Waals surface area contributed by atoms with E-state index in [0.29, 0.717) is 11.8 Å². The summed E-state index contributed by atoms with van der Waals surface area (Å²) in [5.41, 5.74) is -0.151. The Morgan fingerprint density at radius 3 is 2.40 bits per heavy atom. The van der Waals surface area contributed by atoms with Gasteiger partial charge in [0.2, 0.25) is 0 Å². The minimum Gasteiger partial charge on any atom is -0.457 e. The van der Waals surface area contributed by atoms with Gasteiger partial charge >= 0.3 is 5.97 Å². The maximum absolute atomic E-state index is 12.3. The number of hydrogen-bond donors (Lipinski definition) is 1. The van der Waals surface area contributed by atoms with Crippen molar-refractivity contribution in [2.24, 2.45) is 22.7 Å². The number of rotatable bonds is 4. The van der Waals surface area contributed by atoms with Gasteiger partial charge < -0.3 is 9.84 Å². The zero-order valence-corrected chi connectivity index (χ0v) is 11.8. The van der Waals surface area contributed by atoms with Crippen molar-refractivity contribution >= 4 is 11.8 Å². The second kappa shape index (κ2) is 4.06. The Hall–Kier alpha value is -0.900. The van der Waals surface area contributed by atoms with Gasteiger partial charge in [0, 0.05) is 11.8 Å². The number of ketones is 1. The topological polar surface area (TPSA) is 63.6 Å². The average molecular weight is 278 g/mol. The fourth-order valence-electron chi connectivity index (χ4n) is 4.86. The number of ether oxygens (including phenoxy) is 1. The minimum absolute atomic E-state index is 0.0458. The van der Waals surface area contributed by atoms with E-state index in [1.807, 2.05) is 0 Å². The molecule has 0 aliphatic heterocycles. The molecule has 1 spiro atoms. The van der Waals surface area contributed by atoms with Gasteiger partial charge in [0.25, 0.3) is 0 Å². The molecule has 4 rings (SSSR count). The third kappa shape index (κ3) is 1.57. The van der Waals surface area contributed by atoms with Crippen LogP contribution >= 0.6 is 0 Å². The van der Waals surface area contributed by atoms with Gasteiger partial charge in [-0.05, 0) is 50.4 Å². The monoisotopic (exact) mass is 278 g/mol. The predicted molar refractivity (Wildman–Crippen MR) is 70.8 cm³/mol. The summed E-state index contributed by atoms with van der Waals surface area (Å²) in [7, 11) is 0. The molecular formula is C16H22O4. The van der Waals surface area contributed by atoms with Gasteiger partial charge in [0.15, 0.2) is 5.78 Å². The lowest BCUT2D eigenvalue weighted by atomic mass is 9.61. The average Bonchev–Trinajstić information content (AvgIpc) is 3.06. The van der Waals surface area contributed by atoms with Crippen LogP contribution in [0.4, 0.5) is 0 Å². The standard InChI is InChI=1S/C16H22O4/c17-12-3-7-16(6-2-10(12)16)14(19)20-9-13(18)11-8-15(11)4-1-5-15/h10-12,17H,1-9H2/t10-,11?,12+,16-/m0/s1. The highest BCUT2D eigenvalue weighted by Gasteiger charge is 2.62. The third-order valence-electron chi connectivity index (χ3n) is 6.64. The second-order valence-corrected chi connectivity index (χ2v) is 7.42. The summed E-state index contributed by atoms with van der Waals surface area (Å²) in [5.74, 6) is 0.114. The molecule has 1 N–H and O–H groups in total. The number of carbonyl (C=O) groups excluding carboxylic acids is 2. The molecule has 1 unspecified atom stereocenters. The van der Waals surface area contributed by atoms with Gasteiger partial charge in [0.1, 0.15) is 6.61 Å². The van der Waals surface area contributed by atoms with Gasteiger partial charge in [0.05, 0.1) is 11.5 Å². The van der Waals surface area contributed by atoms with E-state index in [2.05, 4.69) is 0 Å². The van der Waals surface area contributed by atoms with Crippen molar-refractivity contribution in [2.45, 2.75) is 57.5 Å². The number of carbonyl (C=O) groups is 2. The highest BCUT2D eigenvalue weighted by atomic mass is 16.5. The number of Topliss-reactive ketones (excluding diaryl/α,β-unsaturated/α-hetero) is 1. The van der Waals surface area contributed by atoms with Gasteiger partial charge in [-0.2, -0.15) is 0 Å². The summed E-state index contributed by atoms with van der Waals surface area (Å²) in [5, 5.41) is 9.84. The predicted octanol–water partition coefficient (Wildman–Crippen LogP) is 1.84. The summed E-state index contributed by atoms with van der Waals surface area (Å²) in [4.78, 5) is 24.4. The van der Waals surface area contributed by atoms with Crippen LogP contribution in [0.3, 0.4) is 0 Å². The summed E-state index contributed by atoms with van der Waals surface area (Å²) in [6, 6.07) is 0. The smallest absolute Gasteiger partial charge is 0.312 e. The molecule has 20 heavy (non-hydrogen) atoms. The van der Waals surface area contributed by atoms with Crippen LogP contribution in [0.2, 0.25) is 0 Å². The van der Waals surface area contributed by atoms with E-state index in [1.165, 1.54) is 19.3 Å². The Balaban J connectivity index is 1.32. The van der Waals surface area contributed by atoms with Crippen LogP contribution in [0.15, 0.2) is 0 Å². The second-order valence-electron chi connectivity index (χ2n) is 7.42. The van der Waals surface area contributed by atoms with Crippen LogP contribution in [-0.4, -0.2) is 29.6 Å². The van der Waals surface area contributed by atoms with Crippen molar-refractivity contribution in [3.8, 4) is 0 Å². The van der Waals surface area contributed by atoms with Gasteiger partial charge in [-0.3, -0.25) is 9.59 Å². The summed E-state index contributed by atoms with van der Waals surface area (Å²) in [6.45, 7) is -0.0458. The molecule has 0 aromatic rings. The first kappa shape index (κ1) is 12.8. The Kier molecular flexibility index (Phi) is 2.60. The molecule has 0 heterocycles. The maximum Gasteiger partial charge on any atom is 0.312 e. The molecule has 4 atom stereocenters. The van der Waals surface area contributed by atoms with Crippen molar-refractivity contribution in [3.05, 3.63) is 0 Å². The normalized spacial score (nSPS) is 43.4. The number of esters is 1. The van der Waals surface area contributed by atoms with Crippen molar-refractivity contribution < 1.29 is 19.4 Å². The zero-order chi connectivity index (χ0) is 14.0. The summed E-state index contributed by atoms with van der Waals surface area (Å²) < 4.78 is 5.32. The van der Waals surface area contributed by atoms with Gasteiger partial charge in [-0.15, -0.1) is 0 Å². The van der Waals surface area contributed by atoms with Crippen molar-refractivity contribution in [2.75, 3.05) is 6.61 Å². The van der Waals surface area contributed by atoms with E-state index in [-0.39, 0.29) is 36.3 Å². The Morgan fingerprint density at radius 1 is 1.15 bits per heavy atom. The van der Waals surface area contributed by atoms with Crippen molar-refractivity contribution in [1.82, 2.24) is 0 Å². The van der Waals surface area contributed by atoms with E-state index in [1.54, 1.807) is 0 Å². The van der Waals surface area contributed by atoms with E-state index in [0.717, 1.165) is 25.7 Å². The molecular weight excluding hydrogens is 256 g/mol. The molecule has 4 fully saturated rings. The van der Waals surface area contributed by atoms with Crippen LogP contribution in [0.1, 0.15) is 51.4 Å². The first-order valence-corrected chi connectivity index (χ1v) is 7.95. The lowest BCUT2D eigenvalue weighted by molar-refractivity contribution is -0.170. The maximum atomic E-state index is 12.3. The molecule has 0 radical (unpaired) electrons. The molecule has 0 bridgehead atoms. The number of hydrogen-bond acceptors (Lipinski definition) is 4. The first-order valence-electron chi connectivity index (χ1n) is 7.95. The number of aliphatic hydroxyl groups excluding tert-OH is 1. The highest BCUT2D eigenvalue weighted by molar-refractivity contribution is 5.89. The Labute approximate surface area is 118 Å². The van der Waals surface area contributed by atoms with Crippen LogP contribution < -0.4 is 0 Å². The molecule has 0 aromatic carbocycles. The van der Waals surface area contributed by atoms with Crippen LogP contribution in [0, 0.1) is 22.7 Å². The lowest BCUT2D eigenvalue weighted by Gasteiger charge is -2.43. The van der Waals surface area contributed by atoms with Crippen LogP contribution in [0.25, 0.3) is 0 Å². The van der Waals surface area contributed by atoms with Crippen molar-refractivity contribution in [1.29, 1.82) is 0 Å². The zero-order valence-electron chi connectivity index (χ0n) is 11.8. The van der Waals surface area contributed by atoms with Crippen molar-refractivity contribution in [3.63, 3.8) is 0 Å². The first-order chi connectivity index (χ1) is 9.57. The molecule has 0 saturated heterocycles. The Bertz CT molecular complexity index is 467. The summed E-state index contributed by atoms with van der Waals surface area (Å²) in [6.07, 6.45) is 7.39. The summed E-state index contributed by atoms with van der Waals surface area (Å²) >= 11 is 0. The quantitative estimate of drug-likeness (QED) is 0.797. The molecule has 4 aliphatic rings. The van der Waals surface area contributed by atoms with E-state index in [9.17, 15) is 14.7 Å². The SMILES string of the molecule is O=C(COC(=O)[C@@]12CC[C@@H](O)[C@@H]1CC2)C1CC12CCC2. The molecule has 4 saturated carbocycles. The molecule has 4 heteroatoms. The molecule has 4 nitrogen and oxygen atoms in total. The van der Waals surface area contributed by atoms with Crippen LogP contribution in [-0.2, 0) is 14.3 Å². The number of fused-ring (bicyclic) bond motifs is 1. The molecule has 110 valence electrons. The van der Waals surface area contributed by atoms with E-state index >= 15 is 0 Å². The number of aliphatic hydroxyl groups is 1. The lowest BCUT2D eigenvalue weighted by Crippen LogP contribution is -2.47. The van der Waals surface area contributed by atoms with E-state index < -0.39 is 5.41 Å². The fraction of sp³-hybridized carbons (Fsp3) is 0.875. The molecule has 0 amide bonds. The largest absolute Gasteiger partial charge is 0.457 e. The minimum atomic E-state index is -0.461. The van der Waals surface area contributed by atoms with Gasteiger partial charge in [-0.25, -0.2) is 0 Å². The highest BCUT2D eigenvalue weighted by Crippen LogP contribution is 2.65. The Morgan fingerprint density at radius 2 is 1.90 bits per heavy atom. The van der Waals surface area contributed by atoms with Gasteiger partial charge in [-0.1, -0.05) is 6.42 Å². The van der Waals surface area contributed by atoms with E-state index in [4.69, 9.17) is 4.74 Å². The third-order valence-corrected chi connectivity index (χ3v) is 6.64. The van der Waals surface area contributed by atoms with Crippen LogP contribution in [0.5, 0.6) is 0 Å². The molecule has 0 aromatic heterocycles. The molecule has 4 aliphatic carbocycles. The fourth-order valence-corrected chi connectivity index (χ4v) is 4.86.